The van der Waals surface area contributed by atoms with Gasteiger partial charge in [-0.15, -0.1) is 0 Å². The number of fused-ring (bicyclic) bond motifs is 7. The molecule has 7 aromatic rings. The van der Waals surface area contributed by atoms with E-state index in [1.165, 1.54) is 60.2 Å². The lowest BCUT2D eigenvalue weighted by atomic mass is 9.80. The Morgan fingerprint density at radius 1 is 0.600 bits per heavy atom. The van der Waals surface area contributed by atoms with Crippen molar-refractivity contribution < 1.29 is 10.0 Å². The Kier molecular flexibility index (Phi) is 7.79. The molecule has 0 spiro atoms. The highest BCUT2D eigenvalue weighted by molar-refractivity contribution is 6.58. The zero-order chi connectivity index (χ0) is 34.6. The van der Waals surface area contributed by atoms with Crippen LogP contribution >= 0.6 is 0 Å². The standard InChI is InChI=1S/C46H38BNO2/c1-5-11-44-36(6-2)42-26-18-31(28-45(42)46(44,3)4)30-16-21-33(22-17-30)48(34-23-19-32(20-24-34)47(49)50)35-25-27-41-39-14-8-7-12-37(39)38-13-9-10-15-40(38)43(41)29-35/h5-29,49-50H,2H2,1,3-4H3/b11-5-. The van der Waals surface area contributed by atoms with Crippen molar-refractivity contribution >= 4 is 67.5 Å². The SMILES string of the molecule is C=CC1=C(/C=C\C)C(C)(C)c2cc(-c3ccc(N(c4ccc(B(O)O)cc4)c4ccc5c6ccccc6c6ccccc6c5c4)cc3)ccc21. The molecule has 8 rings (SSSR count). The van der Waals surface area contributed by atoms with Crippen molar-refractivity contribution in [3.05, 3.63) is 175 Å². The van der Waals surface area contributed by atoms with E-state index >= 15 is 0 Å². The molecule has 1 aliphatic rings. The van der Waals surface area contributed by atoms with Gasteiger partial charge in [0.15, 0.2) is 0 Å². The lowest BCUT2D eigenvalue weighted by Crippen LogP contribution is -2.29. The monoisotopic (exact) mass is 647 g/mol. The average molecular weight is 648 g/mol. The summed E-state index contributed by atoms with van der Waals surface area (Å²) >= 11 is 0. The molecule has 1 aliphatic carbocycles. The van der Waals surface area contributed by atoms with E-state index in [1.54, 1.807) is 12.1 Å². The van der Waals surface area contributed by atoms with Crippen LogP contribution in [-0.2, 0) is 5.41 Å². The Morgan fingerprint density at radius 3 is 1.68 bits per heavy atom. The molecule has 0 saturated carbocycles. The third kappa shape index (κ3) is 5.08. The van der Waals surface area contributed by atoms with Crippen LogP contribution in [-0.4, -0.2) is 17.2 Å². The molecule has 3 nitrogen and oxygen atoms in total. The minimum Gasteiger partial charge on any atom is -0.423 e. The van der Waals surface area contributed by atoms with Gasteiger partial charge in [-0.25, -0.2) is 0 Å². The Labute approximate surface area is 293 Å². The van der Waals surface area contributed by atoms with E-state index in [-0.39, 0.29) is 5.41 Å². The molecular formula is C46H38BNO2. The van der Waals surface area contributed by atoms with Crippen molar-refractivity contribution in [2.24, 2.45) is 0 Å². The van der Waals surface area contributed by atoms with Crippen molar-refractivity contribution in [1.82, 2.24) is 0 Å². The average Bonchev–Trinajstić information content (AvgIpc) is 3.36. The fraction of sp³-hybridized carbons (Fsp3) is 0.0870. The number of allylic oxidation sites excluding steroid dienone is 5. The van der Waals surface area contributed by atoms with Crippen molar-refractivity contribution in [3.8, 4) is 11.1 Å². The van der Waals surface area contributed by atoms with E-state index in [4.69, 9.17) is 0 Å². The molecule has 50 heavy (non-hydrogen) atoms. The van der Waals surface area contributed by atoms with Crippen LogP contribution < -0.4 is 10.4 Å². The first-order valence-electron chi connectivity index (χ1n) is 17.1. The number of benzene rings is 7. The molecule has 0 fully saturated rings. The summed E-state index contributed by atoms with van der Waals surface area (Å²) in [6, 6.07) is 46.9. The molecule has 242 valence electrons. The van der Waals surface area contributed by atoms with Crippen LogP contribution in [0.3, 0.4) is 0 Å². The number of hydrogen-bond donors (Lipinski definition) is 2. The van der Waals surface area contributed by atoms with Crippen LogP contribution in [0, 0.1) is 0 Å². The maximum atomic E-state index is 9.82. The fourth-order valence-electron chi connectivity index (χ4n) is 7.87. The second-order valence-corrected chi connectivity index (χ2v) is 13.6. The molecule has 0 aromatic heterocycles. The predicted octanol–water partition coefficient (Wildman–Crippen LogP) is 10.8. The largest absolute Gasteiger partial charge is 0.488 e. The minimum absolute atomic E-state index is 0.127. The molecule has 0 heterocycles. The van der Waals surface area contributed by atoms with Gasteiger partial charge >= 0.3 is 7.12 Å². The predicted molar refractivity (Wildman–Crippen MR) is 214 cm³/mol. The van der Waals surface area contributed by atoms with Crippen LogP contribution in [0.5, 0.6) is 0 Å². The molecule has 2 N–H and O–H groups in total. The van der Waals surface area contributed by atoms with E-state index in [0.717, 1.165) is 22.6 Å². The minimum atomic E-state index is -1.53. The molecular weight excluding hydrogens is 609 g/mol. The first-order valence-corrected chi connectivity index (χ1v) is 17.1. The maximum absolute atomic E-state index is 9.82. The van der Waals surface area contributed by atoms with Crippen molar-refractivity contribution in [1.29, 1.82) is 0 Å². The van der Waals surface area contributed by atoms with E-state index in [0.29, 0.717) is 5.46 Å². The molecule has 0 amide bonds. The third-order valence-corrected chi connectivity index (χ3v) is 10.4. The summed E-state index contributed by atoms with van der Waals surface area (Å²) in [4.78, 5) is 2.23. The molecule has 0 atom stereocenters. The van der Waals surface area contributed by atoms with Gasteiger partial charge in [0.05, 0.1) is 0 Å². The van der Waals surface area contributed by atoms with E-state index in [1.807, 2.05) is 18.2 Å². The second kappa shape index (κ2) is 12.3. The van der Waals surface area contributed by atoms with Gasteiger partial charge in [-0.2, -0.15) is 0 Å². The van der Waals surface area contributed by atoms with Gasteiger partial charge in [0, 0.05) is 22.5 Å². The van der Waals surface area contributed by atoms with E-state index < -0.39 is 7.12 Å². The molecule has 0 unspecified atom stereocenters. The smallest absolute Gasteiger partial charge is 0.423 e. The Bertz CT molecular complexity index is 2470. The van der Waals surface area contributed by atoms with Crippen LogP contribution in [0.2, 0.25) is 0 Å². The highest BCUT2D eigenvalue weighted by Gasteiger charge is 2.35. The lowest BCUT2D eigenvalue weighted by Gasteiger charge is -2.27. The van der Waals surface area contributed by atoms with E-state index in [9.17, 15) is 10.0 Å². The van der Waals surface area contributed by atoms with Crippen LogP contribution in [0.15, 0.2) is 164 Å². The number of anilines is 3. The maximum Gasteiger partial charge on any atom is 0.488 e. The summed E-state index contributed by atoms with van der Waals surface area (Å²) in [6.45, 7) is 10.8. The Balaban J connectivity index is 1.25. The van der Waals surface area contributed by atoms with E-state index in [2.05, 4.69) is 154 Å². The van der Waals surface area contributed by atoms with Gasteiger partial charge in [-0.05, 0) is 121 Å². The Morgan fingerprint density at radius 2 is 1.12 bits per heavy atom. The summed E-state index contributed by atoms with van der Waals surface area (Å²) in [5.41, 5.74) is 10.6. The number of rotatable bonds is 7. The van der Waals surface area contributed by atoms with Gasteiger partial charge in [-0.3, -0.25) is 0 Å². The molecule has 7 aromatic carbocycles. The van der Waals surface area contributed by atoms with Gasteiger partial charge in [0.1, 0.15) is 0 Å². The normalized spacial score (nSPS) is 13.8. The zero-order valence-corrected chi connectivity index (χ0v) is 28.6. The molecule has 0 bridgehead atoms. The summed E-state index contributed by atoms with van der Waals surface area (Å²) in [5.74, 6) is 0. The van der Waals surface area contributed by atoms with Crippen LogP contribution in [0.25, 0.3) is 49.0 Å². The van der Waals surface area contributed by atoms with Gasteiger partial charge in [0.25, 0.3) is 0 Å². The number of hydrogen-bond acceptors (Lipinski definition) is 3. The van der Waals surface area contributed by atoms with Crippen molar-refractivity contribution in [2.75, 3.05) is 4.90 Å². The highest BCUT2D eigenvalue weighted by atomic mass is 16.4. The van der Waals surface area contributed by atoms with Gasteiger partial charge < -0.3 is 14.9 Å². The Hall–Kier alpha value is -5.68. The lowest BCUT2D eigenvalue weighted by molar-refractivity contribution is 0.426. The first-order chi connectivity index (χ1) is 24.3. The third-order valence-electron chi connectivity index (χ3n) is 10.4. The molecule has 0 aliphatic heterocycles. The van der Waals surface area contributed by atoms with Gasteiger partial charge in [0.2, 0.25) is 0 Å². The molecule has 0 radical (unpaired) electrons. The summed E-state index contributed by atoms with van der Waals surface area (Å²) in [6.07, 6.45) is 6.31. The van der Waals surface area contributed by atoms with Crippen LogP contribution in [0.4, 0.5) is 17.1 Å². The summed E-state index contributed by atoms with van der Waals surface area (Å²) in [7, 11) is -1.53. The highest BCUT2D eigenvalue weighted by Crippen LogP contribution is 2.48. The second-order valence-electron chi connectivity index (χ2n) is 13.6. The number of nitrogens with zero attached hydrogens (tertiary/aromatic N) is 1. The molecule has 4 heteroatoms. The topological polar surface area (TPSA) is 43.7 Å². The zero-order valence-electron chi connectivity index (χ0n) is 28.6. The van der Waals surface area contributed by atoms with Crippen molar-refractivity contribution in [3.63, 3.8) is 0 Å². The summed E-state index contributed by atoms with van der Waals surface area (Å²) < 4.78 is 0. The van der Waals surface area contributed by atoms with Crippen LogP contribution in [0.1, 0.15) is 31.9 Å². The fourth-order valence-corrected chi connectivity index (χ4v) is 7.87. The first kappa shape index (κ1) is 31.6. The van der Waals surface area contributed by atoms with Gasteiger partial charge in [-0.1, -0.05) is 130 Å². The van der Waals surface area contributed by atoms with Crippen molar-refractivity contribution in [2.45, 2.75) is 26.2 Å². The summed E-state index contributed by atoms with van der Waals surface area (Å²) in [5, 5.41) is 27.0. The molecule has 0 saturated heterocycles. The quantitative estimate of drug-likeness (QED) is 0.134.